The highest BCUT2D eigenvalue weighted by Crippen LogP contribution is 2.26. The Bertz CT molecular complexity index is 675. The Morgan fingerprint density at radius 1 is 0.632 bits per heavy atom. The van der Waals surface area contributed by atoms with Crippen LogP contribution in [0.3, 0.4) is 0 Å². The van der Waals surface area contributed by atoms with Gasteiger partial charge in [-0.2, -0.15) is 0 Å². The van der Waals surface area contributed by atoms with Crippen LogP contribution in [0.4, 0.5) is 0 Å². The van der Waals surface area contributed by atoms with Gasteiger partial charge in [0.15, 0.2) is 0 Å². The fourth-order valence-electron chi connectivity index (χ4n) is 2.04. The summed E-state index contributed by atoms with van der Waals surface area (Å²) in [5.74, 6) is 0.274. The summed E-state index contributed by atoms with van der Waals surface area (Å²) in [5.41, 5.74) is 4.33. The summed E-state index contributed by atoms with van der Waals surface area (Å²) >= 11 is 0. The summed E-state index contributed by atoms with van der Waals surface area (Å²) in [6, 6.07) is 19.4. The fourth-order valence-corrected chi connectivity index (χ4v) is 2.04. The van der Waals surface area contributed by atoms with Crippen molar-refractivity contribution >= 4 is 0 Å². The molecule has 1 heterocycles. The minimum absolute atomic E-state index is 0.274. The summed E-state index contributed by atoms with van der Waals surface area (Å²) in [4.78, 5) is 4.30. The number of phenolic OH excluding ortho intramolecular Hbond substituents is 1. The van der Waals surface area contributed by atoms with Crippen molar-refractivity contribution in [2.24, 2.45) is 0 Å². The van der Waals surface area contributed by atoms with Crippen molar-refractivity contribution in [2.75, 3.05) is 0 Å². The molecule has 0 aliphatic heterocycles. The number of nitrogens with zero attached hydrogens (tertiary/aromatic N) is 1. The molecule has 3 rings (SSSR count). The maximum atomic E-state index is 9.32. The molecule has 19 heavy (non-hydrogen) atoms. The van der Waals surface area contributed by atoms with E-state index in [1.165, 1.54) is 0 Å². The van der Waals surface area contributed by atoms with Gasteiger partial charge in [-0.05, 0) is 29.3 Å². The van der Waals surface area contributed by atoms with Crippen LogP contribution in [0.1, 0.15) is 0 Å². The number of hydrogen-bond acceptors (Lipinski definition) is 2. The maximum Gasteiger partial charge on any atom is 0.115 e. The zero-order valence-corrected chi connectivity index (χ0v) is 10.3. The molecule has 2 aromatic carbocycles. The molecule has 0 aliphatic rings. The molecule has 0 fully saturated rings. The first-order valence-electron chi connectivity index (χ1n) is 6.13. The van der Waals surface area contributed by atoms with Crippen LogP contribution < -0.4 is 0 Å². The van der Waals surface area contributed by atoms with Crippen molar-refractivity contribution < 1.29 is 5.11 Å². The molecule has 0 atom stereocenters. The van der Waals surface area contributed by atoms with Crippen LogP contribution >= 0.6 is 0 Å². The van der Waals surface area contributed by atoms with Gasteiger partial charge >= 0.3 is 0 Å². The van der Waals surface area contributed by atoms with E-state index < -0.39 is 0 Å². The Kier molecular flexibility index (Phi) is 2.99. The molecule has 2 nitrogen and oxygen atoms in total. The fraction of sp³-hybridized carbons (Fsp3) is 0. The Hall–Kier alpha value is -2.61. The monoisotopic (exact) mass is 247 g/mol. The predicted molar refractivity (Wildman–Crippen MR) is 76.8 cm³/mol. The van der Waals surface area contributed by atoms with Crippen LogP contribution in [0.15, 0.2) is 73.1 Å². The second-order valence-corrected chi connectivity index (χ2v) is 4.38. The third kappa shape index (κ3) is 2.47. The molecule has 0 aliphatic carbocycles. The quantitative estimate of drug-likeness (QED) is 0.738. The largest absolute Gasteiger partial charge is 0.508 e. The first kappa shape index (κ1) is 11.5. The van der Waals surface area contributed by atoms with Gasteiger partial charge in [0.1, 0.15) is 5.75 Å². The van der Waals surface area contributed by atoms with E-state index in [0.29, 0.717) is 0 Å². The molecule has 0 saturated heterocycles. The molecule has 1 aromatic heterocycles. The lowest BCUT2D eigenvalue weighted by molar-refractivity contribution is 0.475. The first-order valence-corrected chi connectivity index (χ1v) is 6.13. The third-order valence-corrected chi connectivity index (χ3v) is 3.05. The average Bonchev–Trinajstić information content (AvgIpc) is 2.49. The normalized spacial score (nSPS) is 10.3. The second-order valence-electron chi connectivity index (χ2n) is 4.38. The van der Waals surface area contributed by atoms with E-state index in [0.717, 1.165) is 22.3 Å². The number of phenols is 1. The van der Waals surface area contributed by atoms with Crippen LogP contribution in [-0.2, 0) is 0 Å². The Labute approximate surface area is 112 Å². The van der Waals surface area contributed by atoms with Crippen molar-refractivity contribution in [1.29, 1.82) is 0 Å². The lowest BCUT2D eigenvalue weighted by Crippen LogP contribution is -1.83. The number of aromatic nitrogens is 1. The van der Waals surface area contributed by atoms with Gasteiger partial charge in [0.2, 0.25) is 0 Å². The molecule has 0 unspecified atom stereocenters. The van der Waals surface area contributed by atoms with Gasteiger partial charge in [-0.1, -0.05) is 42.5 Å². The van der Waals surface area contributed by atoms with Crippen LogP contribution in [0.2, 0.25) is 0 Å². The van der Waals surface area contributed by atoms with Gasteiger partial charge in [-0.3, -0.25) is 4.98 Å². The van der Waals surface area contributed by atoms with Gasteiger partial charge in [-0.25, -0.2) is 0 Å². The molecule has 0 saturated carbocycles. The average molecular weight is 247 g/mol. The Balaban J connectivity index is 2.03. The number of hydrogen-bond donors (Lipinski definition) is 1. The highest BCUT2D eigenvalue weighted by Gasteiger charge is 2.02. The van der Waals surface area contributed by atoms with Gasteiger partial charge in [0.05, 0.1) is 0 Å². The van der Waals surface area contributed by atoms with Crippen LogP contribution in [0.25, 0.3) is 22.3 Å². The number of aromatic hydroxyl groups is 1. The van der Waals surface area contributed by atoms with Crippen LogP contribution in [-0.4, -0.2) is 10.1 Å². The third-order valence-electron chi connectivity index (χ3n) is 3.05. The first-order chi connectivity index (χ1) is 9.33. The standard InChI is InChI=1S/C17H13NO/c19-17-8-6-14(7-9-17)16-10-15(11-18-12-16)13-4-2-1-3-5-13/h1-12,19H. The molecule has 0 amide bonds. The van der Waals surface area contributed by atoms with E-state index in [-0.39, 0.29) is 5.75 Å². The maximum absolute atomic E-state index is 9.32. The minimum atomic E-state index is 0.274. The van der Waals surface area contributed by atoms with E-state index in [1.54, 1.807) is 12.1 Å². The van der Waals surface area contributed by atoms with Crippen LogP contribution in [0, 0.1) is 0 Å². The minimum Gasteiger partial charge on any atom is -0.508 e. The van der Waals surface area contributed by atoms with E-state index in [4.69, 9.17) is 0 Å². The molecule has 0 bridgehead atoms. The molecule has 0 spiro atoms. The number of benzene rings is 2. The molecule has 92 valence electrons. The summed E-state index contributed by atoms with van der Waals surface area (Å²) in [7, 11) is 0. The van der Waals surface area contributed by atoms with E-state index in [2.05, 4.69) is 23.2 Å². The smallest absolute Gasteiger partial charge is 0.115 e. The number of pyridine rings is 1. The second kappa shape index (κ2) is 4.94. The molecule has 1 N–H and O–H groups in total. The highest BCUT2D eigenvalue weighted by atomic mass is 16.3. The van der Waals surface area contributed by atoms with Crippen molar-refractivity contribution in [3.8, 4) is 28.0 Å². The Morgan fingerprint density at radius 2 is 1.21 bits per heavy atom. The predicted octanol–water partition coefficient (Wildman–Crippen LogP) is 4.12. The SMILES string of the molecule is Oc1ccc(-c2cncc(-c3ccccc3)c2)cc1. The molecule has 2 heteroatoms. The summed E-state index contributed by atoms with van der Waals surface area (Å²) in [5, 5.41) is 9.32. The van der Waals surface area contributed by atoms with Gasteiger partial charge < -0.3 is 5.11 Å². The van der Waals surface area contributed by atoms with Gasteiger partial charge in [0.25, 0.3) is 0 Å². The van der Waals surface area contributed by atoms with Crippen molar-refractivity contribution in [3.05, 3.63) is 73.1 Å². The molecule has 3 aromatic rings. The van der Waals surface area contributed by atoms with Crippen molar-refractivity contribution in [1.82, 2.24) is 4.98 Å². The lowest BCUT2D eigenvalue weighted by atomic mass is 10.0. The zero-order chi connectivity index (χ0) is 13.1. The van der Waals surface area contributed by atoms with Crippen LogP contribution in [0.5, 0.6) is 5.75 Å². The zero-order valence-electron chi connectivity index (χ0n) is 10.3. The topological polar surface area (TPSA) is 33.1 Å². The molecule has 0 radical (unpaired) electrons. The van der Waals surface area contributed by atoms with E-state index in [9.17, 15) is 5.11 Å². The summed E-state index contributed by atoms with van der Waals surface area (Å²) in [6.45, 7) is 0. The van der Waals surface area contributed by atoms with E-state index in [1.807, 2.05) is 42.7 Å². The molecular formula is C17H13NO. The molecular weight excluding hydrogens is 234 g/mol. The highest BCUT2D eigenvalue weighted by molar-refractivity contribution is 5.71. The summed E-state index contributed by atoms with van der Waals surface area (Å²) in [6.07, 6.45) is 3.69. The van der Waals surface area contributed by atoms with Gasteiger partial charge in [0, 0.05) is 23.5 Å². The van der Waals surface area contributed by atoms with Crippen molar-refractivity contribution in [3.63, 3.8) is 0 Å². The van der Waals surface area contributed by atoms with E-state index >= 15 is 0 Å². The Morgan fingerprint density at radius 3 is 1.84 bits per heavy atom. The van der Waals surface area contributed by atoms with Gasteiger partial charge in [-0.15, -0.1) is 0 Å². The summed E-state index contributed by atoms with van der Waals surface area (Å²) < 4.78 is 0. The van der Waals surface area contributed by atoms with Crippen molar-refractivity contribution in [2.45, 2.75) is 0 Å². The number of rotatable bonds is 2. The lowest BCUT2D eigenvalue weighted by Gasteiger charge is -2.05.